The molecule has 11 heteroatoms. The van der Waals surface area contributed by atoms with E-state index in [1.54, 1.807) is 11.9 Å². The number of fused-ring (bicyclic) bond motifs is 1. The van der Waals surface area contributed by atoms with Crippen LogP contribution in [0, 0.1) is 5.41 Å². The molecule has 1 fully saturated rings. The summed E-state index contributed by atoms with van der Waals surface area (Å²) in [6.45, 7) is 1.03. The van der Waals surface area contributed by atoms with Crippen molar-refractivity contribution in [2.24, 2.45) is 5.73 Å². The van der Waals surface area contributed by atoms with Gasteiger partial charge in [-0.15, -0.1) is 0 Å². The minimum atomic E-state index is -4.67. The van der Waals surface area contributed by atoms with E-state index in [4.69, 9.17) is 28.7 Å². The van der Waals surface area contributed by atoms with Crippen molar-refractivity contribution in [2.45, 2.75) is 6.42 Å². The second kappa shape index (κ2) is 9.13. The molecule has 3 rings (SSSR count). The summed E-state index contributed by atoms with van der Waals surface area (Å²) < 4.78 is 31.6. The zero-order chi connectivity index (χ0) is 19.0. The summed E-state index contributed by atoms with van der Waals surface area (Å²) in [7, 11) is -2.97. The van der Waals surface area contributed by atoms with Gasteiger partial charge in [-0.25, -0.2) is 0 Å². The monoisotopic (exact) mass is 371 g/mol. The normalized spacial score (nSPS) is 13.7. The fourth-order valence-corrected chi connectivity index (χ4v) is 2.06. The van der Waals surface area contributed by atoms with E-state index in [0.717, 1.165) is 6.42 Å². The number of hydrogen-bond donors (Lipinski definition) is 6. The Morgan fingerprint density at radius 2 is 1.92 bits per heavy atom. The number of nitrogens with one attached hydrogen (secondary N) is 3. The van der Waals surface area contributed by atoms with Crippen LogP contribution >= 0.6 is 0 Å². The number of guanidine groups is 1. The number of carbonyl (C=O) groups is 1. The van der Waals surface area contributed by atoms with Crippen molar-refractivity contribution in [3.63, 3.8) is 0 Å². The van der Waals surface area contributed by atoms with Crippen molar-refractivity contribution in [3.05, 3.63) is 36.0 Å². The number of nitrogens with zero attached hydrogens (tertiary/aromatic N) is 1. The summed E-state index contributed by atoms with van der Waals surface area (Å²) in [6.07, 6.45) is 2.99. The number of H-pyrrole nitrogens is 1. The molecule has 0 radical (unpaired) electrons. The van der Waals surface area contributed by atoms with Gasteiger partial charge in [0.05, 0.1) is 6.54 Å². The molecule has 1 aliphatic heterocycles. The van der Waals surface area contributed by atoms with Crippen LogP contribution in [0.1, 0.15) is 5.56 Å². The lowest BCUT2D eigenvalue weighted by molar-refractivity contribution is -0.118. The molecule has 2 aromatic rings. The molecular formula is C14H21N5O5S. The van der Waals surface area contributed by atoms with Crippen molar-refractivity contribution in [1.29, 1.82) is 5.41 Å². The number of benzene rings is 1. The van der Waals surface area contributed by atoms with E-state index < -0.39 is 10.4 Å². The van der Waals surface area contributed by atoms with Crippen molar-refractivity contribution < 1.29 is 22.3 Å². The number of aromatic amines is 1. The van der Waals surface area contributed by atoms with Crippen LogP contribution in [0.4, 0.5) is 0 Å². The summed E-state index contributed by atoms with van der Waals surface area (Å²) in [4.78, 5) is 15.1. The molecule has 1 aliphatic rings. The summed E-state index contributed by atoms with van der Waals surface area (Å²) in [5, 5.41) is 10.6. The number of para-hydroxylation sites is 1. The Balaban J connectivity index is 0.000000209. The summed E-state index contributed by atoms with van der Waals surface area (Å²) in [5.41, 5.74) is 8.01. The SMILES string of the molecule is CN1CC(=O)NC1=N.NCCc1c[nH]c2ccccc12.O=S(=O)(O)O. The molecule has 0 atom stereocenters. The average Bonchev–Trinajstić information content (AvgIpc) is 3.02. The maximum Gasteiger partial charge on any atom is 0.394 e. The largest absolute Gasteiger partial charge is 0.394 e. The Labute approximate surface area is 145 Å². The van der Waals surface area contributed by atoms with Gasteiger partial charge in [-0.2, -0.15) is 8.42 Å². The standard InChI is InChI=1S/C10H12N2.C4H7N3O.H2O4S/c11-6-5-8-7-12-10-4-2-1-3-9(8)10;1-7-2-3(8)6-4(7)5;1-5(2,3)4/h1-4,7,12H,5-6,11H2;2H2,1H3,(H2,5,6,8);(H2,1,2,3,4). The second-order valence-corrected chi connectivity index (χ2v) is 5.99. The van der Waals surface area contributed by atoms with E-state index in [-0.39, 0.29) is 11.9 Å². The van der Waals surface area contributed by atoms with Gasteiger partial charge in [0, 0.05) is 24.1 Å². The first-order chi connectivity index (χ1) is 11.6. The van der Waals surface area contributed by atoms with E-state index in [9.17, 15) is 4.79 Å². The second-order valence-electron chi connectivity index (χ2n) is 5.10. The minimum Gasteiger partial charge on any atom is -0.361 e. The lowest BCUT2D eigenvalue weighted by Gasteiger charge is -2.03. The topological polar surface area (TPSA) is 173 Å². The van der Waals surface area contributed by atoms with Gasteiger partial charge in [0.2, 0.25) is 5.91 Å². The number of nitrogens with two attached hydrogens (primary N) is 1. The smallest absolute Gasteiger partial charge is 0.361 e. The van der Waals surface area contributed by atoms with Crippen LogP contribution < -0.4 is 11.1 Å². The number of carbonyl (C=O) groups excluding carboxylic acids is 1. The highest BCUT2D eigenvalue weighted by atomic mass is 32.3. The van der Waals surface area contributed by atoms with Gasteiger partial charge in [-0.05, 0) is 24.6 Å². The van der Waals surface area contributed by atoms with Crippen LogP contribution in [0.5, 0.6) is 0 Å². The fourth-order valence-electron chi connectivity index (χ4n) is 2.06. The first-order valence-corrected chi connectivity index (χ1v) is 8.56. The van der Waals surface area contributed by atoms with Gasteiger partial charge in [0.15, 0.2) is 5.96 Å². The highest BCUT2D eigenvalue weighted by Gasteiger charge is 2.18. The Hall–Kier alpha value is -2.47. The third-order valence-corrected chi connectivity index (χ3v) is 3.11. The maximum absolute atomic E-state index is 10.4. The molecular weight excluding hydrogens is 350 g/mol. The molecule has 1 aromatic carbocycles. The first kappa shape index (κ1) is 20.6. The van der Waals surface area contributed by atoms with Crippen molar-refractivity contribution in [2.75, 3.05) is 20.1 Å². The van der Waals surface area contributed by atoms with Crippen LogP contribution in [0.2, 0.25) is 0 Å². The van der Waals surface area contributed by atoms with E-state index >= 15 is 0 Å². The van der Waals surface area contributed by atoms with Crippen LogP contribution in [0.15, 0.2) is 30.5 Å². The average molecular weight is 371 g/mol. The molecule has 2 heterocycles. The summed E-state index contributed by atoms with van der Waals surface area (Å²) in [5.74, 6) is 0.0903. The van der Waals surface area contributed by atoms with Crippen molar-refractivity contribution >= 4 is 33.2 Å². The van der Waals surface area contributed by atoms with E-state index in [1.807, 2.05) is 12.3 Å². The minimum absolute atomic E-state index is 0.0995. The van der Waals surface area contributed by atoms with Crippen molar-refractivity contribution in [1.82, 2.24) is 15.2 Å². The zero-order valence-electron chi connectivity index (χ0n) is 13.6. The molecule has 0 aliphatic carbocycles. The maximum atomic E-state index is 10.4. The molecule has 1 aromatic heterocycles. The lowest BCUT2D eigenvalue weighted by Crippen LogP contribution is -2.25. The summed E-state index contributed by atoms with van der Waals surface area (Å²) >= 11 is 0. The first-order valence-electron chi connectivity index (χ1n) is 7.16. The number of rotatable bonds is 2. The lowest BCUT2D eigenvalue weighted by atomic mass is 10.1. The predicted octanol–water partition coefficient (Wildman–Crippen LogP) is -0.000930. The van der Waals surface area contributed by atoms with Gasteiger partial charge in [0.1, 0.15) is 0 Å². The quantitative estimate of drug-likeness (QED) is 0.403. The molecule has 25 heavy (non-hydrogen) atoms. The molecule has 0 bridgehead atoms. The summed E-state index contributed by atoms with van der Waals surface area (Å²) in [6, 6.07) is 8.29. The molecule has 1 saturated heterocycles. The molecule has 1 amide bonds. The molecule has 0 saturated carbocycles. The Bertz CT molecular complexity index is 825. The van der Waals surface area contributed by atoms with Crippen LogP contribution in [-0.4, -0.2) is 59.4 Å². The molecule has 0 unspecified atom stereocenters. The Kier molecular flexibility index (Phi) is 7.51. The number of likely N-dealkylation sites (N-methyl/N-ethyl adjacent to an activating group) is 1. The highest BCUT2D eigenvalue weighted by molar-refractivity contribution is 7.79. The van der Waals surface area contributed by atoms with Gasteiger partial charge in [-0.1, -0.05) is 18.2 Å². The predicted molar refractivity (Wildman–Crippen MR) is 93.7 cm³/mol. The number of hydrogen-bond acceptors (Lipinski definition) is 5. The Morgan fingerprint density at radius 3 is 2.36 bits per heavy atom. The zero-order valence-corrected chi connectivity index (χ0v) is 14.4. The van der Waals surface area contributed by atoms with Gasteiger partial charge >= 0.3 is 10.4 Å². The third kappa shape index (κ3) is 7.76. The van der Waals surface area contributed by atoms with Gasteiger partial charge in [-0.3, -0.25) is 24.6 Å². The molecule has 7 N–H and O–H groups in total. The van der Waals surface area contributed by atoms with Crippen molar-refractivity contribution in [3.8, 4) is 0 Å². The molecule has 10 nitrogen and oxygen atoms in total. The Morgan fingerprint density at radius 1 is 1.32 bits per heavy atom. The van der Waals surface area contributed by atoms with Gasteiger partial charge in [0.25, 0.3) is 0 Å². The third-order valence-electron chi connectivity index (χ3n) is 3.11. The van der Waals surface area contributed by atoms with E-state index in [2.05, 4.69) is 28.5 Å². The van der Waals surface area contributed by atoms with Crippen LogP contribution in [0.3, 0.4) is 0 Å². The van der Waals surface area contributed by atoms with E-state index in [1.165, 1.54) is 16.5 Å². The highest BCUT2D eigenvalue weighted by Crippen LogP contribution is 2.17. The van der Waals surface area contributed by atoms with Crippen LogP contribution in [0.25, 0.3) is 10.9 Å². The molecule has 138 valence electrons. The van der Waals surface area contributed by atoms with Crippen LogP contribution in [-0.2, 0) is 21.6 Å². The number of amides is 1. The van der Waals surface area contributed by atoms with Gasteiger partial charge < -0.3 is 15.6 Å². The number of aromatic nitrogens is 1. The molecule has 0 spiro atoms. The fraction of sp³-hybridized carbons (Fsp3) is 0.286. The van der Waals surface area contributed by atoms with E-state index in [0.29, 0.717) is 13.1 Å².